The summed E-state index contributed by atoms with van der Waals surface area (Å²) < 4.78 is 4.77. The van der Waals surface area contributed by atoms with Crippen LogP contribution in [0.2, 0.25) is 0 Å². The van der Waals surface area contributed by atoms with E-state index in [4.69, 9.17) is 14.7 Å². The lowest BCUT2D eigenvalue weighted by atomic mass is 9.88. The van der Waals surface area contributed by atoms with Crippen molar-refractivity contribution in [2.24, 2.45) is 0 Å². The van der Waals surface area contributed by atoms with Crippen molar-refractivity contribution in [2.75, 3.05) is 26.7 Å². The minimum absolute atomic E-state index is 0.0757. The normalized spacial score (nSPS) is 22.1. The average molecular weight is 867 g/mol. The number of ether oxygens (including phenoxy) is 1. The average Bonchev–Trinajstić information content (AvgIpc) is 4.19. The fourth-order valence-electron chi connectivity index (χ4n) is 11.2. The van der Waals surface area contributed by atoms with E-state index in [1.54, 1.807) is 0 Å². The number of aromatic amines is 2. The third kappa shape index (κ3) is 7.83. The number of likely N-dealkylation sites (tertiary alicyclic amines) is 2. The van der Waals surface area contributed by atoms with Gasteiger partial charge in [0.05, 0.1) is 41.3 Å². The molecule has 4 fully saturated rings. The third-order valence-electron chi connectivity index (χ3n) is 14.6. The maximum Gasteiger partial charge on any atom is 0.407 e. The summed E-state index contributed by atoms with van der Waals surface area (Å²) in [6.07, 6.45) is 6.48. The number of alkyl carbamates (subject to hydrolysis) is 1. The van der Waals surface area contributed by atoms with E-state index in [0.717, 1.165) is 126 Å². The van der Waals surface area contributed by atoms with Crippen molar-refractivity contribution in [1.29, 1.82) is 0 Å². The van der Waals surface area contributed by atoms with Gasteiger partial charge >= 0.3 is 6.09 Å². The molecule has 12 nitrogen and oxygen atoms in total. The largest absolute Gasteiger partial charge is 0.453 e. The fourth-order valence-corrected chi connectivity index (χ4v) is 11.2. The molecule has 3 N–H and O–H groups in total. The van der Waals surface area contributed by atoms with E-state index in [9.17, 15) is 14.4 Å². The smallest absolute Gasteiger partial charge is 0.407 e. The molecule has 5 atom stereocenters. The van der Waals surface area contributed by atoms with Gasteiger partial charge in [-0.25, -0.2) is 14.8 Å². The number of methoxy groups -OCH3 is 1. The fraction of sp³-hybridized carbons (Fsp3) is 0.340. The number of piperidine rings is 2. The molecule has 65 heavy (non-hydrogen) atoms. The maximum absolute atomic E-state index is 14.8. The number of carbonyl (C=O) groups excluding carboxylic acids is 3. The molecule has 0 spiro atoms. The first-order valence-corrected chi connectivity index (χ1v) is 23.3. The van der Waals surface area contributed by atoms with Crippen LogP contribution in [-0.4, -0.2) is 91.4 Å². The van der Waals surface area contributed by atoms with Crippen LogP contribution in [-0.2, 0) is 14.3 Å². The molecule has 7 aromatic rings. The van der Waals surface area contributed by atoms with E-state index in [1.165, 1.54) is 12.7 Å². The van der Waals surface area contributed by atoms with Gasteiger partial charge in [-0.1, -0.05) is 97.1 Å². The van der Waals surface area contributed by atoms with Crippen LogP contribution in [0.15, 0.2) is 121 Å². The van der Waals surface area contributed by atoms with E-state index in [-0.39, 0.29) is 36.0 Å². The van der Waals surface area contributed by atoms with E-state index in [0.29, 0.717) is 12.3 Å². The molecule has 4 saturated heterocycles. The van der Waals surface area contributed by atoms with Crippen LogP contribution in [0.3, 0.4) is 0 Å². The molecule has 0 saturated carbocycles. The second kappa shape index (κ2) is 17.3. The highest BCUT2D eigenvalue weighted by Crippen LogP contribution is 2.42. The number of nitrogens with zero attached hydrogens (tertiary/aromatic N) is 5. The number of nitrogens with one attached hydrogen (secondary N) is 3. The van der Waals surface area contributed by atoms with E-state index < -0.39 is 12.1 Å². The Kier molecular flexibility index (Phi) is 10.9. The molecule has 3 amide bonds. The van der Waals surface area contributed by atoms with Crippen LogP contribution in [0.4, 0.5) is 4.79 Å². The predicted octanol–water partition coefficient (Wildman–Crippen LogP) is 9.61. The molecule has 0 radical (unpaired) electrons. The van der Waals surface area contributed by atoms with Gasteiger partial charge in [0.15, 0.2) is 0 Å². The van der Waals surface area contributed by atoms with Gasteiger partial charge in [0.1, 0.15) is 23.7 Å². The number of carbonyl (C=O) groups is 3. The van der Waals surface area contributed by atoms with Crippen molar-refractivity contribution in [1.82, 2.24) is 40.0 Å². The van der Waals surface area contributed by atoms with Crippen LogP contribution < -0.4 is 5.32 Å². The minimum Gasteiger partial charge on any atom is -0.453 e. The highest BCUT2D eigenvalue weighted by molar-refractivity contribution is 5.88. The van der Waals surface area contributed by atoms with Crippen molar-refractivity contribution < 1.29 is 19.1 Å². The van der Waals surface area contributed by atoms with Crippen LogP contribution in [0.25, 0.3) is 44.3 Å². The van der Waals surface area contributed by atoms with Gasteiger partial charge in [0, 0.05) is 12.6 Å². The number of imidazole rings is 2. The van der Waals surface area contributed by atoms with E-state index >= 15 is 0 Å². The summed E-state index contributed by atoms with van der Waals surface area (Å²) in [6, 6.07) is 41.3. The molecule has 11 rings (SSSR count). The molecule has 5 aromatic carbocycles. The molecule has 330 valence electrons. The molecular formula is C53H54N8O4. The zero-order valence-electron chi connectivity index (χ0n) is 36.7. The highest BCUT2D eigenvalue weighted by Gasteiger charge is 2.45. The van der Waals surface area contributed by atoms with E-state index in [2.05, 4.69) is 122 Å². The Morgan fingerprint density at radius 2 is 1.25 bits per heavy atom. The molecule has 2 aromatic heterocycles. The molecule has 4 aliphatic rings. The lowest BCUT2D eigenvalue weighted by Crippen LogP contribution is -2.54. The number of hydrogen-bond donors (Lipinski definition) is 3. The Balaban J connectivity index is 0.788. The summed E-state index contributed by atoms with van der Waals surface area (Å²) in [7, 11) is 1.31. The first-order chi connectivity index (χ1) is 31.9. The quantitative estimate of drug-likeness (QED) is 0.131. The SMILES string of the molecule is COC(=O)N[C@H]1CC[C@H]2CC[C@@H](c3nc4ccc(-c5ccc(-c6ccc7nc([C@@H]8CCCN8C(=O)[C@@H](c8ccccc8)N8CCC(c9ccccc9)CC8)[nH]c7c6)cc5)cc4[nH]3)N2C1=O. The van der Waals surface area contributed by atoms with Gasteiger partial charge in [0.2, 0.25) is 11.8 Å². The Morgan fingerprint density at radius 1 is 0.662 bits per heavy atom. The van der Waals surface area contributed by atoms with Gasteiger partial charge in [-0.2, -0.15) is 0 Å². The number of rotatable bonds is 9. The topological polar surface area (TPSA) is 140 Å². The Hall–Kier alpha value is -6.79. The van der Waals surface area contributed by atoms with Crippen LogP contribution in [0.5, 0.6) is 0 Å². The Bertz CT molecular complexity index is 2850. The van der Waals surface area contributed by atoms with Crippen molar-refractivity contribution in [2.45, 2.75) is 87.5 Å². The van der Waals surface area contributed by atoms with Crippen LogP contribution >= 0.6 is 0 Å². The Labute approximate surface area is 378 Å². The molecule has 0 bridgehead atoms. The molecular weight excluding hydrogens is 813 g/mol. The number of amides is 3. The van der Waals surface area contributed by atoms with Gasteiger partial charge in [-0.15, -0.1) is 0 Å². The second-order valence-electron chi connectivity index (χ2n) is 18.3. The summed E-state index contributed by atoms with van der Waals surface area (Å²) in [5, 5.41) is 2.71. The van der Waals surface area contributed by atoms with Gasteiger partial charge < -0.3 is 29.8 Å². The van der Waals surface area contributed by atoms with Crippen molar-refractivity contribution >= 4 is 40.0 Å². The highest BCUT2D eigenvalue weighted by atomic mass is 16.5. The lowest BCUT2D eigenvalue weighted by Gasteiger charge is -2.39. The van der Waals surface area contributed by atoms with Crippen molar-refractivity contribution in [3.63, 3.8) is 0 Å². The summed E-state index contributed by atoms with van der Waals surface area (Å²) in [6.45, 7) is 2.47. The van der Waals surface area contributed by atoms with Gasteiger partial charge in [0.25, 0.3) is 0 Å². The van der Waals surface area contributed by atoms with Crippen LogP contribution in [0.1, 0.15) is 98.2 Å². The number of fused-ring (bicyclic) bond motifs is 3. The number of hydrogen-bond acceptors (Lipinski definition) is 7. The summed E-state index contributed by atoms with van der Waals surface area (Å²) in [5.41, 5.74) is 10.4. The molecule has 12 heteroatoms. The van der Waals surface area contributed by atoms with Crippen molar-refractivity contribution in [3.8, 4) is 22.3 Å². The second-order valence-corrected chi connectivity index (χ2v) is 18.3. The van der Waals surface area contributed by atoms with Gasteiger partial charge in [-0.3, -0.25) is 14.5 Å². The predicted molar refractivity (Wildman–Crippen MR) is 251 cm³/mol. The molecule has 4 aliphatic heterocycles. The number of H-pyrrole nitrogens is 2. The zero-order valence-corrected chi connectivity index (χ0v) is 36.7. The lowest BCUT2D eigenvalue weighted by molar-refractivity contribution is -0.140. The van der Waals surface area contributed by atoms with Gasteiger partial charge in [-0.05, 0) is 128 Å². The molecule has 0 unspecified atom stereocenters. The van der Waals surface area contributed by atoms with Crippen LogP contribution in [0, 0.1) is 0 Å². The first kappa shape index (κ1) is 40.9. The van der Waals surface area contributed by atoms with E-state index in [1.807, 2.05) is 29.2 Å². The summed E-state index contributed by atoms with van der Waals surface area (Å²) >= 11 is 0. The number of benzene rings is 5. The molecule has 0 aliphatic carbocycles. The standard InChI is InChI=1S/C53H54N8O4/c1-65-53(64)58-43-24-20-40-21-25-47(61(40)51(43)62)50-55-42-23-19-39(32-45(42)57-50)35-16-14-34(15-17-35)38-18-22-41-44(31-38)56-49(54-41)46-13-8-28-60(46)52(63)48(37-11-6-3-7-12-37)59-29-26-36(27-30-59)33-9-4-2-5-10-33/h2-7,9-12,14-19,22-23,31-32,36,40,43,46-48H,8,13,20-21,24-30H2,1H3,(H,54,56)(H,55,57)(H,58,64)/t40-,43-,46-,47-,48+/m0/s1. The number of aromatic nitrogens is 4. The van der Waals surface area contributed by atoms with Crippen molar-refractivity contribution in [3.05, 3.63) is 144 Å². The summed E-state index contributed by atoms with van der Waals surface area (Å²) in [5.74, 6) is 2.22. The minimum atomic E-state index is -0.588. The zero-order chi connectivity index (χ0) is 44.0. The Morgan fingerprint density at radius 3 is 1.88 bits per heavy atom. The monoisotopic (exact) mass is 866 g/mol. The third-order valence-corrected chi connectivity index (χ3v) is 14.6. The molecule has 6 heterocycles. The first-order valence-electron chi connectivity index (χ1n) is 23.3. The maximum atomic E-state index is 14.8. The summed E-state index contributed by atoms with van der Waals surface area (Å²) in [4.78, 5) is 63.9.